The molecule has 0 aromatic heterocycles. The Morgan fingerprint density at radius 2 is 2.50 bits per heavy atom. The third kappa shape index (κ3) is 5.36. The number of amides is 1. The van der Waals surface area contributed by atoms with E-state index in [9.17, 15) is 9.18 Å². The van der Waals surface area contributed by atoms with Crippen molar-refractivity contribution in [3.63, 3.8) is 0 Å². The van der Waals surface area contributed by atoms with E-state index in [2.05, 4.69) is 4.84 Å². The van der Waals surface area contributed by atoms with Crippen LogP contribution in [0.2, 0.25) is 0 Å². The number of nitrogens with one attached hydrogen (secondary N) is 1. The average molecular weight is 121 g/mol. The van der Waals surface area contributed by atoms with Gasteiger partial charge in [0.2, 0.25) is 5.91 Å². The summed E-state index contributed by atoms with van der Waals surface area (Å²) in [5.74, 6) is -0.321. The van der Waals surface area contributed by atoms with Gasteiger partial charge >= 0.3 is 0 Å². The SMILES string of the molecule is CC(=O)NOCCF. The van der Waals surface area contributed by atoms with E-state index in [1.165, 1.54) is 6.92 Å². The number of hydroxylamine groups is 1. The molecule has 8 heavy (non-hydrogen) atoms. The van der Waals surface area contributed by atoms with Gasteiger partial charge in [0.05, 0.1) is 0 Å². The Bertz CT molecular complexity index is 76.4. The van der Waals surface area contributed by atoms with Gasteiger partial charge in [0.25, 0.3) is 0 Å². The van der Waals surface area contributed by atoms with Crippen LogP contribution in [-0.2, 0) is 9.63 Å². The van der Waals surface area contributed by atoms with Crippen LogP contribution in [0.3, 0.4) is 0 Å². The molecule has 0 saturated heterocycles. The second kappa shape index (κ2) is 4.52. The molecule has 1 N–H and O–H groups in total. The van der Waals surface area contributed by atoms with Gasteiger partial charge in [0, 0.05) is 6.92 Å². The molecular weight excluding hydrogens is 113 g/mol. The molecule has 0 radical (unpaired) electrons. The smallest absolute Gasteiger partial charge is 0.240 e. The average Bonchev–Trinajstić information content (AvgIpc) is 1.66. The molecule has 0 aromatic carbocycles. The molecule has 0 aliphatic heterocycles. The van der Waals surface area contributed by atoms with Crippen LogP contribution in [-0.4, -0.2) is 19.2 Å². The minimum atomic E-state index is -0.583. The van der Waals surface area contributed by atoms with Crippen LogP contribution in [0, 0.1) is 0 Å². The van der Waals surface area contributed by atoms with Crippen LogP contribution in [0.4, 0.5) is 4.39 Å². The molecule has 4 heteroatoms. The number of alkyl halides is 1. The molecule has 0 atom stereocenters. The lowest BCUT2D eigenvalue weighted by molar-refractivity contribution is -0.131. The van der Waals surface area contributed by atoms with Gasteiger partial charge in [-0.05, 0) is 0 Å². The first kappa shape index (κ1) is 7.36. The van der Waals surface area contributed by atoms with Gasteiger partial charge in [0.1, 0.15) is 13.3 Å². The molecule has 1 amide bonds. The van der Waals surface area contributed by atoms with Crippen molar-refractivity contribution in [3.05, 3.63) is 0 Å². The molecule has 0 rings (SSSR count). The van der Waals surface area contributed by atoms with Gasteiger partial charge < -0.3 is 0 Å². The van der Waals surface area contributed by atoms with Crippen molar-refractivity contribution in [2.24, 2.45) is 0 Å². The first-order valence-electron chi connectivity index (χ1n) is 2.21. The largest absolute Gasteiger partial charge is 0.273 e. The summed E-state index contributed by atoms with van der Waals surface area (Å²) < 4.78 is 11.2. The van der Waals surface area contributed by atoms with Crippen molar-refractivity contribution in [1.82, 2.24) is 5.48 Å². The minimum absolute atomic E-state index is 0.0837. The summed E-state index contributed by atoms with van der Waals surface area (Å²) in [6, 6.07) is 0. The third-order valence-corrected chi connectivity index (χ3v) is 0.395. The second-order valence-electron chi connectivity index (χ2n) is 1.20. The maximum absolute atomic E-state index is 11.2. The van der Waals surface area contributed by atoms with Crippen molar-refractivity contribution in [1.29, 1.82) is 0 Å². The Hall–Kier alpha value is -0.640. The van der Waals surface area contributed by atoms with Gasteiger partial charge in [-0.3, -0.25) is 9.63 Å². The Morgan fingerprint density at radius 1 is 1.88 bits per heavy atom. The summed E-state index contributed by atoms with van der Waals surface area (Å²) in [6.07, 6.45) is 0. The molecule has 0 aliphatic rings. The monoisotopic (exact) mass is 121 g/mol. The lowest BCUT2D eigenvalue weighted by atomic mass is 10.8. The maximum atomic E-state index is 11.2. The summed E-state index contributed by atoms with van der Waals surface area (Å²) in [4.78, 5) is 14.2. The highest BCUT2D eigenvalue weighted by atomic mass is 19.1. The van der Waals surface area contributed by atoms with Crippen LogP contribution in [0.1, 0.15) is 6.92 Å². The van der Waals surface area contributed by atoms with E-state index >= 15 is 0 Å². The van der Waals surface area contributed by atoms with Crippen LogP contribution in [0.25, 0.3) is 0 Å². The van der Waals surface area contributed by atoms with Crippen LogP contribution in [0.5, 0.6) is 0 Å². The fourth-order valence-corrected chi connectivity index (χ4v) is 0.191. The first-order valence-corrected chi connectivity index (χ1v) is 2.21. The maximum Gasteiger partial charge on any atom is 0.240 e. The van der Waals surface area contributed by atoms with Crippen molar-refractivity contribution in [3.8, 4) is 0 Å². The van der Waals surface area contributed by atoms with E-state index in [1.807, 2.05) is 5.48 Å². The van der Waals surface area contributed by atoms with Crippen molar-refractivity contribution in [2.45, 2.75) is 6.92 Å². The molecule has 0 fully saturated rings. The topological polar surface area (TPSA) is 38.3 Å². The molecule has 0 unspecified atom stereocenters. The van der Waals surface area contributed by atoms with Crippen LogP contribution in [0.15, 0.2) is 0 Å². The van der Waals surface area contributed by atoms with Crippen molar-refractivity contribution < 1.29 is 14.0 Å². The normalized spacial score (nSPS) is 8.75. The number of hydrogen-bond acceptors (Lipinski definition) is 2. The predicted molar refractivity (Wildman–Crippen MR) is 25.7 cm³/mol. The van der Waals surface area contributed by atoms with Crippen molar-refractivity contribution in [2.75, 3.05) is 13.3 Å². The van der Waals surface area contributed by atoms with E-state index in [4.69, 9.17) is 0 Å². The minimum Gasteiger partial charge on any atom is -0.273 e. The lowest BCUT2D eigenvalue weighted by Crippen LogP contribution is -2.21. The molecule has 0 aromatic rings. The zero-order chi connectivity index (χ0) is 6.41. The van der Waals surface area contributed by atoms with Crippen LogP contribution >= 0.6 is 0 Å². The lowest BCUT2D eigenvalue weighted by Gasteiger charge is -1.96. The standard InChI is InChI=1S/C4H8FNO2/c1-4(7)6-8-3-2-5/h2-3H2,1H3,(H,6,7). The van der Waals surface area contributed by atoms with E-state index in [-0.39, 0.29) is 12.5 Å². The summed E-state index contributed by atoms with van der Waals surface area (Å²) in [5, 5.41) is 0. The fourth-order valence-electron chi connectivity index (χ4n) is 0.191. The third-order valence-electron chi connectivity index (χ3n) is 0.395. The summed E-state index contributed by atoms with van der Waals surface area (Å²) >= 11 is 0. The quantitative estimate of drug-likeness (QED) is 0.422. The molecule has 0 spiro atoms. The number of hydrogen-bond donors (Lipinski definition) is 1. The highest BCUT2D eigenvalue weighted by Gasteiger charge is 1.86. The Kier molecular flexibility index (Phi) is 4.16. The zero-order valence-electron chi connectivity index (χ0n) is 4.61. The van der Waals surface area contributed by atoms with E-state index < -0.39 is 6.67 Å². The second-order valence-corrected chi connectivity index (χ2v) is 1.20. The molecule has 0 saturated carbocycles. The van der Waals surface area contributed by atoms with Gasteiger partial charge in [-0.25, -0.2) is 9.87 Å². The van der Waals surface area contributed by atoms with E-state index in [0.717, 1.165) is 0 Å². The fraction of sp³-hybridized carbons (Fsp3) is 0.750. The Balaban J connectivity index is 2.82. The highest BCUT2D eigenvalue weighted by Crippen LogP contribution is 1.68. The summed E-state index contributed by atoms with van der Waals surface area (Å²) in [5.41, 5.74) is 1.97. The molecule has 0 heterocycles. The number of carbonyl (C=O) groups is 1. The molecule has 3 nitrogen and oxygen atoms in total. The highest BCUT2D eigenvalue weighted by molar-refractivity contribution is 5.71. The van der Waals surface area contributed by atoms with Crippen molar-refractivity contribution >= 4 is 5.91 Å². The number of rotatable bonds is 3. The summed E-state index contributed by atoms with van der Waals surface area (Å²) in [6.45, 7) is 0.623. The van der Waals surface area contributed by atoms with Crippen LogP contribution < -0.4 is 5.48 Å². The number of carbonyl (C=O) groups excluding carboxylic acids is 1. The predicted octanol–water partition coefficient (Wildman–Crippen LogP) is 0.0236. The number of halogens is 1. The Labute approximate surface area is 46.8 Å². The first-order chi connectivity index (χ1) is 3.77. The molecule has 48 valence electrons. The van der Waals surface area contributed by atoms with Gasteiger partial charge in [0.15, 0.2) is 0 Å². The van der Waals surface area contributed by atoms with Gasteiger partial charge in [-0.1, -0.05) is 0 Å². The Morgan fingerprint density at radius 3 is 2.88 bits per heavy atom. The molecule has 0 bridgehead atoms. The van der Waals surface area contributed by atoms with Gasteiger partial charge in [-0.2, -0.15) is 0 Å². The van der Waals surface area contributed by atoms with Gasteiger partial charge in [-0.15, -0.1) is 0 Å². The summed E-state index contributed by atoms with van der Waals surface area (Å²) in [7, 11) is 0. The van der Waals surface area contributed by atoms with E-state index in [0.29, 0.717) is 0 Å². The molecular formula is C4H8FNO2. The zero-order valence-corrected chi connectivity index (χ0v) is 4.61. The molecule has 0 aliphatic carbocycles. The van der Waals surface area contributed by atoms with E-state index in [1.54, 1.807) is 0 Å².